The van der Waals surface area contributed by atoms with Crippen LogP contribution < -0.4 is 80.0 Å². The van der Waals surface area contributed by atoms with Crippen LogP contribution in [-0.4, -0.2) is 36.0 Å². The average Bonchev–Trinajstić information content (AvgIpc) is 2.60. The van der Waals surface area contributed by atoms with Gasteiger partial charge in [-0.1, -0.05) is 49.6 Å². The van der Waals surface area contributed by atoms with Gasteiger partial charge in [0.25, 0.3) is 0 Å². The number of benzene rings is 1. The number of hydrogen-bond donors (Lipinski definition) is 2. The van der Waals surface area contributed by atoms with Gasteiger partial charge in [-0.25, -0.2) is 0 Å². The molecule has 1 aromatic rings. The van der Waals surface area contributed by atoms with E-state index in [9.17, 15) is 24.6 Å². The predicted molar refractivity (Wildman–Crippen MR) is 85.9 cm³/mol. The molecule has 7 nitrogen and oxygen atoms in total. The molecule has 136 valence electrons. The maximum atomic E-state index is 12.6. The summed E-state index contributed by atoms with van der Waals surface area (Å²) in [4.78, 5) is 34.8. The van der Waals surface area contributed by atoms with Crippen LogP contribution in [0.3, 0.4) is 0 Å². The predicted octanol–water partition coefficient (Wildman–Crippen LogP) is -7.49. The van der Waals surface area contributed by atoms with Crippen molar-refractivity contribution in [2.75, 3.05) is 6.54 Å². The second kappa shape index (κ2) is 12.9. The molecule has 2 rings (SSSR count). The van der Waals surface area contributed by atoms with Gasteiger partial charge in [0.15, 0.2) is 0 Å². The molecule has 0 spiro atoms. The van der Waals surface area contributed by atoms with E-state index in [1.807, 2.05) is 18.2 Å². The first-order valence-electron chi connectivity index (χ1n) is 8.43. The molecule has 1 aliphatic carbocycles. The molecule has 1 atom stereocenters. The Labute approximate surface area is 203 Å². The van der Waals surface area contributed by atoms with Gasteiger partial charge >= 0.3 is 59.1 Å². The van der Waals surface area contributed by atoms with E-state index >= 15 is 0 Å². The monoisotopic (exact) mass is 392 g/mol. The third-order valence-corrected chi connectivity index (χ3v) is 4.55. The third-order valence-electron chi connectivity index (χ3n) is 4.55. The molecule has 0 heterocycles. The number of hydrogen-bond acceptors (Lipinski definition) is 6. The number of carboxylic acids is 2. The molecule has 9 heteroatoms. The molecule has 2 N–H and O–H groups in total. The molecular formula is C18H22N2Na2O5. The Balaban J connectivity index is 0.00000338. The largest absolute Gasteiger partial charge is 1.00 e. The number of nitrogens with one attached hydrogen (secondary N) is 2. The summed E-state index contributed by atoms with van der Waals surface area (Å²) in [6.45, 7) is -0.600. The van der Waals surface area contributed by atoms with Crippen molar-refractivity contribution in [1.29, 1.82) is 0 Å². The van der Waals surface area contributed by atoms with E-state index in [1.54, 1.807) is 12.1 Å². The van der Waals surface area contributed by atoms with E-state index < -0.39 is 36.0 Å². The number of carboxylic acid groups (broad SMARTS) is 2. The van der Waals surface area contributed by atoms with Gasteiger partial charge in [-0.05, 0) is 24.8 Å². The van der Waals surface area contributed by atoms with Crippen molar-refractivity contribution in [2.45, 2.75) is 50.1 Å². The number of rotatable bonds is 8. The number of amides is 1. The summed E-state index contributed by atoms with van der Waals surface area (Å²) in [5.74, 6) is -3.18. The fourth-order valence-electron chi connectivity index (χ4n) is 3.29. The zero-order valence-corrected chi connectivity index (χ0v) is 20.0. The molecule has 1 aliphatic rings. The summed E-state index contributed by atoms with van der Waals surface area (Å²) in [7, 11) is 0. The summed E-state index contributed by atoms with van der Waals surface area (Å²) in [6.07, 6.45) is 3.55. The summed E-state index contributed by atoms with van der Waals surface area (Å²) in [5.41, 5.74) is -0.293. The van der Waals surface area contributed by atoms with Gasteiger partial charge in [0, 0.05) is 0 Å². The second-order valence-electron chi connectivity index (χ2n) is 6.40. The fourth-order valence-corrected chi connectivity index (χ4v) is 3.29. The van der Waals surface area contributed by atoms with Gasteiger partial charge in [0.2, 0.25) is 5.91 Å². The summed E-state index contributed by atoms with van der Waals surface area (Å²) < 4.78 is 0. The third kappa shape index (κ3) is 8.23. The van der Waals surface area contributed by atoms with E-state index in [1.165, 1.54) is 0 Å². The summed E-state index contributed by atoms with van der Waals surface area (Å²) in [6, 6.07) is 8.02. The maximum absolute atomic E-state index is 12.6. The first-order valence-corrected chi connectivity index (χ1v) is 8.43. The van der Waals surface area contributed by atoms with Gasteiger partial charge in [-0.15, -0.1) is 0 Å². The van der Waals surface area contributed by atoms with Crippen molar-refractivity contribution in [3.05, 3.63) is 35.9 Å². The molecule has 0 aliphatic heterocycles. The SMILES string of the molecule is O=C([O-])CNC(=O)C1(N[C@@H](Cc2ccccc2)C(=O)[O-])CCCCC1.[Na+].[Na+]. The molecule has 0 aromatic heterocycles. The van der Waals surface area contributed by atoms with Gasteiger partial charge < -0.3 is 25.1 Å². The van der Waals surface area contributed by atoms with E-state index in [-0.39, 0.29) is 65.5 Å². The number of aliphatic carboxylic acids is 2. The standard InChI is InChI=1S/C18H24N2O5.2Na/c21-15(22)12-19-17(25)18(9-5-2-6-10-18)20-14(16(23)24)11-13-7-3-1-4-8-13;;/h1,3-4,7-8,14,20H,2,5-6,9-12H2,(H,19,25)(H,21,22)(H,23,24);;/q;2*+1/p-2/t14-;;/m0../s1. The Bertz CT molecular complexity index is 621. The van der Waals surface area contributed by atoms with E-state index in [2.05, 4.69) is 10.6 Å². The Morgan fingerprint density at radius 3 is 2.11 bits per heavy atom. The van der Waals surface area contributed by atoms with E-state index in [0.717, 1.165) is 24.8 Å². The molecule has 1 fully saturated rings. The Morgan fingerprint density at radius 1 is 1.00 bits per heavy atom. The second-order valence-corrected chi connectivity index (χ2v) is 6.40. The maximum Gasteiger partial charge on any atom is 1.00 e. The van der Waals surface area contributed by atoms with Crippen LogP contribution in [0.25, 0.3) is 0 Å². The Kier molecular flexibility index (Phi) is 12.7. The smallest absolute Gasteiger partial charge is 0.548 e. The minimum Gasteiger partial charge on any atom is -0.548 e. The van der Waals surface area contributed by atoms with Crippen molar-refractivity contribution >= 4 is 17.8 Å². The van der Waals surface area contributed by atoms with Crippen LogP contribution in [0.5, 0.6) is 0 Å². The van der Waals surface area contributed by atoms with Gasteiger partial charge in [0.1, 0.15) is 0 Å². The van der Waals surface area contributed by atoms with Crippen LogP contribution in [0.4, 0.5) is 0 Å². The van der Waals surface area contributed by atoms with E-state index in [0.29, 0.717) is 12.8 Å². The molecule has 0 saturated heterocycles. The van der Waals surface area contributed by atoms with Crippen LogP contribution in [-0.2, 0) is 20.8 Å². The van der Waals surface area contributed by atoms with Crippen LogP contribution in [0.2, 0.25) is 0 Å². The van der Waals surface area contributed by atoms with Gasteiger partial charge in [-0.2, -0.15) is 0 Å². The Hall–Kier alpha value is -0.410. The molecule has 1 amide bonds. The van der Waals surface area contributed by atoms with Gasteiger partial charge in [0.05, 0.1) is 30.1 Å². The number of carbonyl (C=O) groups is 3. The van der Waals surface area contributed by atoms with Crippen molar-refractivity contribution in [3.8, 4) is 0 Å². The molecule has 1 saturated carbocycles. The van der Waals surface area contributed by atoms with Crippen LogP contribution in [0, 0.1) is 0 Å². The van der Waals surface area contributed by atoms with Crippen LogP contribution >= 0.6 is 0 Å². The molecule has 27 heavy (non-hydrogen) atoms. The van der Waals surface area contributed by atoms with Gasteiger partial charge in [-0.3, -0.25) is 10.1 Å². The topological polar surface area (TPSA) is 121 Å². The number of carbonyl (C=O) groups excluding carboxylic acids is 3. The molecule has 0 unspecified atom stereocenters. The first-order chi connectivity index (χ1) is 11.9. The van der Waals surface area contributed by atoms with E-state index in [4.69, 9.17) is 0 Å². The van der Waals surface area contributed by atoms with Crippen molar-refractivity contribution in [3.63, 3.8) is 0 Å². The normalized spacial score (nSPS) is 16.1. The molecule has 0 radical (unpaired) electrons. The minimum absolute atomic E-state index is 0. The van der Waals surface area contributed by atoms with Crippen molar-refractivity contribution < 1.29 is 83.7 Å². The zero-order valence-electron chi connectivity index (χ0n) is 16.0. The first kappa shape index (κ1) is 26.6. The van der Waals surface area contributed by atoms with Crippen LogP contribution in [0.15, 0.2) is 30.3 Å². The summed E-state index contributed by atoms with van der Waals surface area (Å²) >= 11 is 0. The zero-order chi connectivity index (χ0) is 18.3. The minimum atomic E-state index is -1.39. The fraction of sp³-hybridized carbons (Fsp3) is 0.500. The Morgan fingerprint density at radius 2 is 1.59 bits per heavy atom. The molecule has 0 bridgehead atoms. The van der Waals surface area contributed by atoms with Crippen LogP contribution in [0.1, 0.15) is 37.7 Å². The van der Waals surface area contributed by atoms with Crippen molar-refractivity contribution in [1.82, 2.24) is 10.6 Å². The average molecular weight is 392 g/mol. The summed E-state index contributed by atoms with van der Waals surface area (Å²) in [5, 5.41) is 27.5. The molecule has 1 aromatic carbocycles. The molecular weight excluding hydrogens is 370 g/mol. The quantitative estimate of drug-likeness (QED) is 0.424. The van der Waals surface area contributed by atoms with Crippen molar-refractivity contribution in [2.24, 2.45) is 0 Å².